The van der Waals surface area contributed by atoms with Gasteiger partial charge in [-0.2, -0.15) is 5.48 Å². The second-order valence-corrected chi connectivity index (χ2v) is 3.64. The van der Waals surface area contributed by atoms with E-state index in [-0.39, 0.29) is 17.8 Å². The molecule has 1 unspecified atom stereocenters. The summed E-state index contributed by atoms with van der Waals surface area (Å²) in [7, 11) is 0. The van der Waals surface area contributed by atoms with Crippen molar-refractivity contribution in [3.05, 3.63) is 11.6 Å². The first-order valence-electron chi connectivity index (χ1n) is 4.79. The third-order valence-corrected chi connectivity index (χ3v) is 1.93. The molecule has 0 radical (unpaired) electrons. The van der Waals surface area contributed by atoms with Crippen LogP contribution in [0.5, 0.6) is 0 Å². The summed E-state index contributed by atoms with van der Waals surface area (Å²) in [5.74, 6) is -0.0893. The van der Waals surface area contributed by atoms with Crippen LogP contribution in [-0.2, 0) is 4.79 Å². The molecule has 15 heavy (non-hydrogen) atoms. The average Bonchev–Trinajstić information content (AvgIpc) is 2.16. The molecule has 84 valence electrons. The van der Waals surface area contributed by atoms with Crippen LogP contribution in [0.3, 0.4) is 0 Å². The molecule has 0 aliphatic carbocycles. The zero-order valence-electron chi connectivity index (χ0n) is 8.82. The molecule has 6 heteroatoms. The maximum absolute atomic E-state index is 11.6. The van der Waals surface area contributed by atoms with Gasteiger partial charge in [0.05, 0.1) is 5.57 Å². The molecule has 0 saturated heterocycles. The largest absolute Gasteiger partial charge is 0.383 e. The molecular weight excluding hydrogens is 196 g/mol. The van der Waals surface area contributed by atoms with Gasteiger partial charge in [-0.05, 0) is 13.8 Å². The number of amidine groups is 1. The SMILES string of the molecule is CC(C)NC(=O)C1=CCC(NO)N=C1N. The van der Waals surface area contributed by atoms with Gasteiger partial charge in [-0.15, -0.1) is 0 Å². The van der Waals surface area contributed by atoms with Crippen molar-refractivity contribution in [3.63, 3.8) is 0 Å². The predicted octanol–water partition coefficient (Wildman–Crippen LogP) is -0.497. The summed E-state index contributed by atoms with van der Waals surface area (Å²) in [5.41, 5.74) is 7.95. The summed E-state index contributed by atoms with van der Waals surface area (Å²) < 4.78 is 0. The van der Waals surface area contributed by atoms with Gasteiger partial charge >= 0.3 is 0 Å². The molecule has 1 rings (SSSR count). The topological polar surface area (TPSA) is 99.7 Å². The van der Waals surface area contributed by atoms with Crippen LogP contribution in [0, 0.1) is 0 Å². The Balaban J connectivity index is 2.69. The maximum Gasteiger partial charge on any atom is 0.254 e. The first-order valence-corrected chi connectivity index (χ1v) is 4.79. The number of nitrogens with zero attached hydrogens (tertiary/aromatic N) is 1. The van der Waals surface area contributed by atoms with Gasteiger partial charge in [0, 0.05) is 12.5 Å². The standard InChI is InChI=1S/C9H16N4O2/c1-5(2)11-9(14)6-3-4-7(13-15)12-8(6)10/h3,5,7,13,15H,4H2,1-2H3,(H2,10,12)(H,11,14). The molecule has 0 aromatic heterocycles. The second-order valence-electron chi connectivity index (χ2n) is 3.64. The van der Waals surface area contributed by atoms with Gasteiger partial charge in [0.15, 0.2) is 0 Å². The lowest BCUT2D eigenvalue weighted by atomic mass is 10.1. The smallest absolute Gasteiger partial charge is 0.254 e. The number of carbonyl (C=O) groups is 1. The molecule has 6 nitrogen and oxygen atoms in total. The van der Waals surface area contributed by atoms with E-state index in [9.17, 15) is 4.79 Å². The molecule has 1 amide bonds. The van der Waals surface area contributed by atoms with Crippen LogP contribution in [-0.4, -0.2) is 29.2 Å². The monoisotopic (exact) mass is 212 g/mol. The molecule has 0 aromatic rings. The zero-order valence-corrected chi connectivity index (χ0v) is 8.82. The van der Waals surface area contributed by atoms with Gasteiger partial charge in [0.1, 0.15) is 12.0 Å². The highest BCUT2D eigenvalue weighted by molar-refractivity contribution is 6.20. The van der Waals surface area contributed by atoms with Crippen molar-refractivity contribution in [2.75, 3.05) is 0 Å². The van der Waals surface area contributed by atoms with Crippen LogP contribution in [0.4, 0.5) is 0 Å². The molecule has 1 atom stereocenters. The van der Waals surface area contributed by atoms with E-state index in [1.54, 1.807) is 6.08 Å². The lowest BCUT2D eigenvalue weighted by molar-refractivity contribution is -0.117. The van der Waals surface area contributed by atoms with Crippen molar-refractivity contribution in [3.8, 4) is 0 Å². The summed E-state index contributed by atoms with van der Waals surface area (Å²) in [6.45, 7) is 3.74. The lowest BCUT2D eigenvalue weighted by Crippen LogP contribution is -2.39. The van der Waals surface area contributed by atoms with Gasteiger partial charge in [0.25, 0.3) is 5.91 Å². The number of nitrogens with one attached hydrogen (secondary N) is 2. The molecule has 0 saturated carbocycles. The predicted molar refractivity (Wildman–Crippen MR) is 56.3 cm³/mol. The van der Waals surface area contributed by atoms with Crippen molar-refractivity contribution < 1.29 is 10.0 Å². The molecular formula is C9H16N4O2. The molecule has 1 aliphatic heterocycles. The van der Waals surface area contributed by atoms with Crippen molar-refractivity contribution in [1.82, 2.24) is 10.8 Å². The Morgan fingerprint density at radius 2 is 2.40 bits per heavy atom. The van der Waals surface area contributed by atoms with E-state index in [2.05, 4.69) is 10.3 Å². The Morgan fingerprint density at radius 3 is 2.87 bits per heavy atom. The normalized spacial score (nSPS) is 20.9. The fourth-order valence-corrected chi connectivity index (χ4v) is 1.25. The van der Waals surface area contributed by atoms with Gasteiger partial charge in [-0.3, -0.25) is 4.79 Å². The van der Waals surface area contributed by atoms with E-state index < -0.39 is 6.17 Å². The van der Waals surface area contributed by atoms with Crippen LogP contribution >= 0.6 is 0 Å². The average molecular weight is 212 g/mol. The number of hydrogen-bond acceptors (Lipinski definition) is 5. The Labute approximate surface area is 88.2 Å². The number of amides is 1. The molecule has 1 heterocycles. The molecule has 0 aromatic carbocycles. The number of hydroxylamine groups is 1. The number of carbonyl (C=O) groups excluding carboxylic acids is 1. The second kappa shape index (κ2) is 4.90. The van der Waals surface area contributed by atoms with E-state index in [1.807, 2.05) is 19.3 Å². The Bertz CT molecular complexity index is 309. The summed E-state index contributed by atoms with van der Waals surface area (Å²) in [6, 6.07) is 0.0555. The number of nitrogens with two attached hydrogens (primary N) is 1. The Morgan fingerprint density at radius 1 is 1.73 bits per heavy atom. The van der Waals surface area contributed by atoms with E-state index in [0.29, 0.717) is 12.0 Å². The third-order valence-electron chi connectivity index (χ3n) is 1.93. The van der Waals surface area contributed by atoms with Crippen LogP contribution in [0.2, 0.25) is 0 Å². The molecule has 0 bridgehead atoms. The third kappa shape index (κ3) is 3.03. The Kier molecular flexibility index (Phi) is 3.81. The number of hydrogen-bond donors (Lipinski definition) is 4. The van der Waals surface area contributed by atoms with Gasteiger partial charge in [-0.1, -0.05) is 6.08 Å². The molecule has 5 N–H and O–H groups in total. The van der Waals surface area contributed by atoms with Crippen LogP contribution in [0.15, 0.2) is 16.6 Å². The van der Waals surface area contributed by atoms with Crippen molar-refractivity contribution in [2.45, 2.75) is 32.5 Å². The number of aliphatic imine (C=N–C) groups is 1. The minimum atomic E-state index is -0.458. The minimum absolute atomic E-state index is 0.0555. The number of dihydropyridines is 1. The first-order chi connectivity index (χ1) is 7.04. The molecule has 0 fully saturated rings. The van der Waals surface area contributed by atoms with Crippen molar-refractivity contribution >= 4 is 11.7 Å². The summed E-state index contributed by atoms with van der Waals surface area (Å²) in [6.07, 6.45) is 1.65. The van der Waals surface area contributed by atoms with E-state index in [4.69, 9.17) is 10.9 Å². The van der Waals surface area contributed by atoms with Crippen LogP contribution in [0.1, 0.15) is 20.3 Å². The quantitative estimate of drug-likeness (QED) is 0.474. The van der Waals surface area contributed by atoms with E-state index in [1.165, 1.54) is 0 Å². The first kappa shape index (κ1) is 11.7. The molecule has 1 aliphatic rings. The Hall–Kier alpha value is -1.40. The summed E-state index contributed by atoms with van der Waals surface area (Å²) in [4.78, 5) is 15.5. The maximum atomic E-state index is 11.6. The highest BCUT2D eigenvalue weighted by Gasteiger charge is 2.20. The number of rotatable bonds is 3. The lowest BCUT2D eigenvalue weighted by Gasteiger charge is -2.18. The summed E-state index contributed by atoms with van der Waals surface area (Å²) >= 11 is 0. The fourth-order valence-electron chi connectivity index (χ4n) is 1.25. The highest BCUT2D eigenvalue weighted by atomic mass is 16.5. The van der Waals surface area contributed by atoms with Gasteiger partial charge in [-0.25, -0.2) is 4.99 Å². The zero-order chi connectivity index (χ0) is 11.4. The summed E-state index contributed by atoms with van der Waals surface area (Å²) in [5, 5.41) is 11.4. The van der Waals surface area contributed by atoms with Crippen molar-refractivity contribution in [2.24, 2.45) is 10.7 Å². The highest BCUT2D eigenvalue weighted by Crippen LogP contribution is 2.09. The van der Waals surface area contributed by atoms with Gasteiger partial charge in [0.2, 0.25) is 0 Å². The fraction of sp³-hybridized carbons (Fsp3) is 0.556. The van der Waals surface area contributed by atoms with Crippen LogP contribution in [0.25, 0.3) is 0 Å². The molecule has 0 spiro atoms. The van der Waals surface area contributed by atoms with Crippen LogP contribution < -0.4 is 16.5 Å². The van der Waals surface area contributed by atoms with E-state index in [0.717, 1.165) is 0 Å². The van der Waals surface area contributed by atoms with Crippen molar-refractivity contribution in [1.29, 1.82) is 0 Å². The van der Waals surface area contributed by atoms with E-state index >= 15 is 0 Å². The minimum Gasteiger partial charge on any atom is -0.383 e. The van der Waals surface area contributed by atoms with Gasteiger partial charge < -0.3 is 16.3 Å².